The average Bonchev–Trinajstić information content (AvgIpc) is 2.85. The number of amides is 1. The van der Waals surface area contributed by atoms with Gasteiger partial charge >= 0.3 is 0 Å². The summed E-state index contributed by atoms with van der Waals surface area (Å²) in [4.78, 5) is 27.1. The largest absolute Gasteiger partial charge is 0.362 e. The molecule has 6 heteroatoms. The Kier molecular flexibility index (Phi) is 6.27. The van der Waals surface area contributed by atoms with Gasteiger partial charge in [-0.15, -0.1) is 0 Å². The van der Waals surface area contributed by atoms with Crippen molar-refractivity contribution in [1.82, 2.24) is 5.32 Å². The molecular formula is C29H24ClFN2O2. The molecule has 0 radical (unpaired) electrons. The number of allylic oxidation sites excluding steroid dienone is 3. The summed E-state index contributed by atoms with van der Waals surface area (Å²) >= 11 is 6.31. The molecule has 1 amide bonds. The Morgan fingerprint density at radius 2 is 1.69 bits per heavy atom. The summed E-state index contributed by atoms with van der Waals surface area (Å²) in [6, 6.07) is 23.2. The Bertz CT molecular complexity index is 1380. The van der Waals surface area contributed by atoms with Crippen LogP contribution in [0.1, 0.15) is 42.7 Å². The number of dihydropyridines is 1. The fourth-order valence-corrected chi connectivity index (χ4v) is 5.27. The van der Waals surface area contributed by atoms with E-state index in [1.54, 1.807) is 24.3 Å². The number of para-hydroxylation sites is 1. The van der Waals surface area contributed by atoms with Gasteiger partial charge in [0.2, 0.25) is 0 Å². The van der Waals surface area contributed by atoms with Crippen molar-refractivity contribution < 1.29 is 14.0 Å². The third kappa shape index (κ3) is 4.52. The number of Topliss-reactive ketones (excluding diaryl/α,β-unsaturated/α-hetero) is 1. The van der Waals surface area contributed by atoms with E-state index in [0.717, 1.165) is 16.8 Å². The lowest BCUT2D eigenvalue weighted by Gasteiger charge is -2.37. The first-order valence-electron chi connectivity index (χ1n) is 11.5. The number of ketones is 1. The molecule has 4 nitrogen and oxygen atoms in total. The van der Waals surface area contributed by atoms with E-state index in [2.05, 4.69) is 10.6 Å². The maximum absolute atomic E-state index is 14.3. The minimum absolute atomic E-state index is 0.0127. The number of hydrogen-bond acceptors (Lipinski definition) is 3. The molecule has 3 aromatic carbocycles. The van der Waals surface area contributed by atoms with Crippen LogP contribution in [0.5, 0.6) is 0 Å². The van der Waals surface area contributed by atoms with Gasteiger partial charge in [-0.1, -0.05) is 66.2 Å². The van der Waals surface area contributed by atoms with Crippen LogP contribution in [-0.2, 0) is 9.59 Å². The summed E-state index contributed by atoms with van der Waals surface area (Å²) in [5.74, 6) is -1.56. The molecule has 1 aliphatic heterocycles. The highest BCUT2D eigenvalue weighted by Crippen LogP contribution is 2.46. The first-order chi connectivity index (χ1) is 16.9. The van der Waals surface area contributed by atoms with Crippen LogP contribution < -0.4 is 10.6 Å². The fourth-order valence-electron chi connectivity index (χ4n) is 5.07. The zero-order chi connectivity index (χ0) is 24.5. The second-order valence-corrected chi connectivity index (χ2v) is 9.35. The summed E-state index contributed by atoms with van der Waals surface area (Å²) in [5, 5.41) is 6.55. The molecule has 2 aliphatic rings. The summed E-state index contributed by atoms with van der Waals surface area (Å²) in [7, 11) is 0. The number of nitrogens with one attached hydrogen (secondary N) is 2. The lowest BCUT2D eigenvalue weighted by molar-refractivity contribution is -0.116. The number of hydrogen-bond donors (Lipinski definition) is 2. The van der Waals surface area contributed by atoms with Crippen LogP contribution in [0.15, 0.2) is 101 Å². The summed E-state index contributed by atoms with van der Waals surface area (Å²) in [5.41, 5.74) is 4.34. The highest BCUT2D eigenvalue weighted by Gasteiger charge is 2.41. The van der Waals surface area contributed by atoms with Crippen molar-refractivity contribution in [1.29, 1.82) is 0 Å². The van der Waals surface area contributed by atoms with E-state index in [9.17, 15) is 14.0 Å². The predicted octanol–water partition coefficient (Wildman–Crippen LogP) is 6.48. The van der Waals surface area contributed by atoms with Crippen LogP contribution in [0.3, 0.4) is 0 Å². The lowest BCUT2D eigenvalue weighted by atomic mass is 9.71. The maximum atomic E-state index is 14.3. The maximum Gasteiger partial charge on any atom is 0.254 e. The molecule has 3 aromatic rings. The smallest absolute Gasteiger partial charge is 0.254 e. The molecule has 2 atom stereocenters. The highest BCUT2D eigenvalue weighted by molar-refractivity contribution is 6.30. The van der Waals surface area contributed by atoms with Gasteiger partial charge in [0, 0.05) is 39.9 Å². The van der Waals surface area contributed by atoms with Crippen LogP contribution in [-0.4, -0.2) is 11.7 Å². The molecule has 0 fully saturated rings. The molecule has 0 saturated heterocycles. The number of rotatable bonds is 4. The molecule has 0 aromatic heterocycles. The Balaban J connectivity index is 1.58. The number of benzene rings is 3. The molecule has 176 valence electrons. The number of anilines is 1. The van der Waals surface area contributed by atoms with E-state index in [0.29, 0.717) is 34.7 Å². The first kappa shape index (κ1) is 23.1. The minimum Gasteiger partial charge on any atom is -0.362 e. The normalized spacial score (nSPS) is 19.8. The van der Waals surface area contributed by atoms with Gasteiger partial charge in [-0.05, 0) is 54.7 Å². The highest BCUT2D eigenvalue weighted by atomic mass is 35.5. The third-order valence-corrected chi connectivity index (χ3v) is 6.88. The summed E-state index contributed by atoms with van der Waals surface area (Å²) in [6.45, 7) is 1.81. The Hall–Kier alpha value is -3.70. The van der Waals surface area contributed by atoms with Crippen molar-refractivity contribution in [2.45, 2.75) is 31.6 Å². The quantitative estimate of drug-likeness (QED) is 0.443. The van der Waals surface area contributed by atoms with Crippen molar-refractivity contribution in [3.8, 4) is 0 Å². The Morgan fingerprint density at radius 3 is 2.43 bits per heavy atom. The van der Waals surface area contributed by atoms with Crippen LogP contribution in [0.25, 0.3) is 0 Å². The molecular weight excluding hydrogens is 463 g/mol. The number of carbonyl (C=O) groups excluding carboxylic acids is 2. The molecule has 0 saturated carbocycles. The van der Waals surface area contributed by atoms with Crippen LogP contribution in [0.2, 0.25) is 5.02 Å². The minimum atomic E-state index is -0.610. The van der Waals surface area contributed by atoms with Crippen molar-refractivity contribution in [3.05, 3.63) is 123 Å². The van der Waals surface area contributed by atoms with E-state index in [1.165, 1.54) is 12.1 Å². The third-order valence-electron chi connectivity index (χ3n) is 6.65. The van der Waals surface area contributed by atoms with Gasteiger partial charge in [-0.2, -0.15) is 0 Å². The van der Waals surface area contributed by atoms with Gasteiger partial charge in [0.05, 0.1) is 5.69 Å². The van der Waals surface area contributed by atoms with Gasteiger partial charge in [0.15, 0.2) is 5.78 Å². The van der Waals surface area contributed by atoms with Gasteiger partial charge < -0.3 is 10.6 Å². The average molecular weight is 487 g/mol. The molecule has 5 rings (SSSR count). The SMILES string of the molecule is CC1=C(C(=O)Nc2ccccc2F)[C@H](c2cccc(Cl)c2)C2=C(C[C@@H](c3ccccc3)CC2=O)N1. The van der Waals surface area contributed by atoms with Crippen LogP contribution >= 0.6 is 11.6 Å². The molecule has 1 aliphatic carbocycles. The van der Waals surface area contributed by atoms with Crippen molar-refractivity contribution in [2.75, 3.05) is 5.32 Å². The first-order valence-corrected chi connectivity index (χ1v) is 11.9. The van der Waals surface area contributed by atoms with Crippen molar-refractivity contribution >= 4 is 29.0 Å². The molecule has 0 unspecified atom stereocenters. The lowest BCUT2D eigenvalue weighted by Crippen LogP contribution is -2.37. The molecule has 0 bridgehead atoms. The van der Waals surface area contributed by atoms with E-state index in [1.807, 2.05) is 49.4 Å². The van der Waals surface area contributed by atoms with Crippen LogP contribution in [0, 0.1) is 5.82 Å². The number of carbonyl (C=O) groups is 2. The van der Waals surface area contributed by atoms with E-state index in [-0.39, 0.29) is 17.4 Å². The number of halogens is 2. The fraction of sp³-hybridized carbons (Fsp3) is 0.172. The second kappa shape index (κ2) is 9.51. The zero-order valence-corrected chi connectivity index (χ0v) is 19.9. The standard InChI is InChI=1S/C29H24ClFN2O2/c1-17-26(29(35)33-23-13-6-5-12-22(23)31)27(19-10-7-11-21(30)14-19)28-24(32-17)15-20(16-25(28)34)18-8-3-2-4-9-18/h2-14,20,27,32H,15-16H2,1H3,(H,33,35)/t20-,27+/m1/s1. The monoisotopic (exact) mass is 486 g/mol. The predicted molar refractivity (Wildman–Crippen MR) is 136 cm³/mol. The molecule has 2 N–H and O–H groups in total. The molecule has 35 heavy (non-hydrogen) atoms. The van der Waals surface area contributed by atoms with Gasteiger partial charge in [-0.3, -0.25) is 9.59 Å². The molecule has 0 spiro atoms. The Morgan fingerprint density at radius 1 is 0.971 bits per heavy atom. The summed E-state index contributed by atoms with van der Waals surface area (Å²) in [6.07, 6.45) is 1.00. The molecule has 1 heterocycles. The second-order valence-electron chi connectivity index (χ2n) is 8.92. The van der Waals surface area contributed by atoms with Gasteiger partial charge in [0.1, 0.15) is 5.82 Å². The van der Waals surface area contributed by atoms with E-state index < -0.39 is 17.6 Å². The van der Waals surface area contributed by atoms with E-state index in [4.69, 9.17) is 11.6 Å². The zero-order valence-electron chi connectivity index (χ0n) is 19.1. The van der Waals surface area contributed by atoms with Gasteiger partial charge in [-0.25, -0.2) is 4.39 Å². The topological polar surface area (TPSA) is 58.2 Å². The summed E-state index contributed by atoms with van der Waals surface area (Å²) < 4.78 is 14.3. The Labute approximate surface area is 208 Å². The van der Waals surface area contributed by atoms with Gasteiger partial charge in [0.25, 0.3) is 5.91 Å². The van der Waals surface area contributed by atoms with E-state index >= 15 is 0 Å². The van der Waals surface area contributed by atoms with Crippen molar-refractivity contribution in [3.63, 3.8) is 0 Å². The van der Waals surface area contributed by atoms with Crippen molar-refractivity contribution in [2.24, 2.45) is 0 Å². The van der Waals surface area contributed by atoms with Crippen LogP contribution in [0.4, 0.5) is 10.1 Å².